The van der Waals surface area contributed by atoms with E-state index in [1.807, 2.05) is 6.07 Å². The number of carboxylic acid groups (broad SMARTS) is 1. The molecule has 0 atom stereocenters. The van der Waals surface area contributed by atoms with E-state index in [2.05, 4.69) is 0 Å². The Bertz CT molecular complexity index is 431. The van der Waals surface area contributed by atoms with Gasteiger partial charge < -0.3 is 10.8 Å². The van der Waals surface area contributed by atoms with Crippen LogP contribution >= 0.6 is 12.4 Å². The summed E-state index contributed by atoms with van der Waals surface area (Å²) in [6, 6.07) is 4.89. The minimum atomic E-state index is -0.716. The number of hydrogen-bond donors (Lipinski definition) is 2. The van der Waals surface area contributed by atoms with E-state index in [1.165, 1.54) is 6.07 Å². The molecule has 0 spiro atoms. The largest absolute Gasteiger partial charge is 0.481 e. The van der Waals surface area contributed by atoms with Crippen molar-refractivity contribution in [3.8, 4) is 0 Å². The van der Waals surface area contributed by atoms with Crippen molar-refractivity contribution in [3.05, 3.63) is 29.6 Å². The Labute approximate surface area is 112 Å². The van der Waals surface area contributed by atoms with E-state index in [0.717, 1.165) is 18.4 Å². The maximum Gasteiger partial charge on any atom is 0.306 e. The second-order valence-corrected chi connectivity index (χ2v) is 4.67. The lowest BCUT2D eigenvalue weighted by molar-refractivity contribution is -0.142. The summed E-state index contributed by atoms with van der Waals surface area (Å²) < 4.78 is 13.3. The van der Waals surface area contributed by atoms with Crippen LogP contribution in [0.2, 0.25) is 0 Å². The van der Waals surface area contributed by atoms with Gasteiger partial charge in [0.2, 0.25) is 0 Å². The minimum Gasteiger partial charge on any atom is -0.481 e. The minimum absolute atomic E-state index is 0. The number of benzene rings is 1. The van der Waals surface area contributed by atoms with Crippen molar-refractivity contribution in [3.63, 3.8) is 0 Å². The Hall–Kier alpha value is -1.29. The van der Waals surface area contributed by atoms with Crippen molar-refractivity contribution >= 4 is 24.1 Å². The first-order chi connectivity index (χ1) is 8.08. The number of nitrogen functional groups attached to an aromatic ring is 1. The Balaban J connectivity index is 0.00000162. The zero-order chi connectivity index (χ0) is 12.4. The van der Waals surface area contributed by atoms with Crippen molar-refractivity contribution in [2.24, 2.45) is 5.92 Å². The van der Waals surface area contributed by atoms with Crippen molar-refractivity contribution in [1.29, 1.82) is 0 Å². The summed E-state index contributed by atoms with van der Waals surface area (Å²) in [7, 11) is 0. The number of carboxylic acids is 1. The van der Waals surface area contributed by atoms with E-state index in [1.54, 1.807) is 6.07 Å². The molecule has 3 N–H and O–H groups in total. The number of halogens is 2. The van der Waals surface area contributed by atoms with Gasteiger partial charge in [-0.05, 0) is 49.3 Å². The summed E-state index contributed by atoms with van der Waals surface area (Å²) in [6.45, 7) is 0. The van der Waals surface area contributed by atoms with E-state index in [4.69, 9.17) is 10.8 Å². The highest BCUT2D eigenvalue weighted by Gasteiger charge is 2.26. The summed E-state index contributed by atoms with van der Waals surface area (Å²) in [4.78, 5) is 10.8. The number of carbonyl (C=O) groups is 1. The van der Waals surface area contributed by atoms with E-state index in [9.17, 15) is 9.18 Å². The molecule has 0 aromatic heterocycles. The average molecular weight is 274 g/mol. The molecule has 3 nitrogen and oxygen atoms in total. The molecular weight excluding hydrogens is 257 g/mol. The summed E-state index contributed by atoms with van der Waals surface area (Å²) in [5.74, 6) is -1.07. The molecule has 0 bridgehead atoms. The third-order valence-corrected chi connectivity index (χ3v) is 3.57. The normalized spacial score (nSPS) is 23.2. The van der Waals surface area contributed by atoms with Crippen molar-refractivity contribution < 1.29 is 14.3 Å². The molecule has 2 rings (SSSR count). The first-order valence-corrected chi connectivity index (χ1v) is 5.85. The van der Waals surface area contributed by atoms with Crippen LogP contribution in [0.4, 0.5) is 10.1 Å². The van der Waals surface area contributed by atoms with Gasteiger partial charge in [0.25, 0.3) is 0 Å². The summed E-state index contributed by atoms with van der Waals surface area (Å²) in [6.07, 6.45) is 2.96. The molecule has 1 saturated carbocycles. The molecular formula is C13H17ClFNO2. The van der Waals surface area contributed by atoms with Crippen LogP contribution in [-0.2, 0) is 4.79 Å². The maximum atomic E-state index is 13.3. The molecule has 1 aromatic carbocycles. The number of nitrogens with two attached hydrogens (primary N) is 1. The molecule has 100 valence electrons. The van der Waals surface area contributed by atoms with E-state index in [0.29, 0.717) is 12.8 Å². The van der Waals surface area contributed by atoms with Gasteiger partial charge in [-0.3, -0.25) is 4.79 Å². The quantitative estimate of drug-likeness (QED) is 0.814. The van der Waals surface area contributed by atoms with Crippen LogP contribution in [0.3, 0.4) is 0 Å². The maximum absolute atomic E-state index is 13.3. The Morgan fingerprint density at radius 3 is 2.39 bits per heavy atom. The number of anilines is 1. The zero-order valence-electron chi connectivity index (χ0n) is 9.93. The highest BCUT2D eigenvalue weighted by Crippen LogP contribution is 2.36. The number of rotatable bonds is 2. The van der Waals surface area contributed by atoms with Crippen molar-refractivity contribution in [2.45, 2.75) is 31.6 Å². The molecule has 0 aliphatic heterocycles. The molecule has 1 aliphatic carbocycles. The standard InChI is InChI=1S/C13H16FNO2.ClH/c14-11-7-10(5-6-12(11)15)8-1-3-9(4-2-8)13(16)17;/h5-9H,1-4,15H2,(H,16,17);1H. The predicted molar refractivity (Wildman–Crippen MR) is 70.4 cm³/mol. The third-order valence-electron chi connectivity index (χ3n) is 3.57. The van der Waals surface area contributed by atoms with Crippen LogP contribution in [0.1, 0.15) is 37.2 Å². The highest BCUT2D eigenvalue weighted by molar-refractivity contribution is 5.85. The highest BCUT2D eigenvalue weighted by atomic mass is 35.5. The van der Waals surface area contributed by atoms with Crippen LogP contribution in [0.5, 0.6) is 0 Å². The molecule has 0 unspecified atom stereocenters. The number of aliphatic carboxylic acids is 1. The van der Waals surface area contributed by atoms with Gasteiger partial charge in [-0.2, -0.15) is 0 Å². The van der Waals surface area contributed by atoms with Crippen LogP contribution < -0.4 is 5.73 Å². The van der Waals surface area contributed by atoms with Gasteiger partial charge in [-0.25, -0.2) is 4.39 Å². The summed E-state index contributed by atoms with van der Waals surface area (Å²) in [5, 5.41) is 8.90. The van der Waals surface area contributed by atoms with Gasteiger partial charge in [0.05, 0.1) is 11.6 Å². The molecule has 0 amide bonds. The van der Waals surface area contributed by atoms with Gasteiger partial charge in [-0.15, -0.1) is 12.4 Å². The molecule has 1 aromatic rings. The predicted octanol–water partition coefficient (Wildman–Crippen LogP) is 3.19. The third kappa shape index (κ3) is 3.13. The second kappa shape index (κ2) is 6.05. The SMILES string of the molecule is Cl.Nc1ccc(C2CCC(C(=O)O)CC2)cc1F. The van der Waals surface area contributed by atoms with Crippen LogP contribution in [0.15, 0.2) is 18.2 Å². The number of hydrogen-bond acceptors (Lipinski definition) is 2. The molecule has 18 heavy (non-hydrogen) atoms. The van der Waals surface area contributed by atoms with Crippen LogP contribution in [-0.4, -0.2) is 11.1 Å². The average Bonchev–Trinajstić information content (AvgIpc) is 2.33. The lowest BCUT2D eigenvalue weighted by Gasteiger charge is -2.26. The fourth-order valence-corrected chi connectivity index (χ4v) is 2.47. The van der Waals surface area contributed by atoms with Gasteiger partial charge in [-0.1, -0.05) is 6.07 Å². The smallest absolute Gasteiger partial charge is 0.306 e. The monoisotopic (exact) mass is 273 g/mol. The van der Waals surface area contributed by atoms with Crippen molar-refractivity contribution in [1.82, 2.24) is 0 Å². The zero-order valence-corrected chi connectivity index (χ0v) is 10.8. The fourth-order valence-electron chi connectivity index (χ4n) is 2.47. The van der Waals surface area contributed by atoms with Crippen LogP contribution in [0.25, 0.3) is 0 Å². The van der Waals surface area contributed by atoms with E-state index >= 15 is 0 Å². The summed E-state index contributed by atoms with van der Waals surface area (Å²) in [5.41, 5.74) is 6.52. The Morgan fingerprint density at radius 1 is 1.28 bits per heavy atom. The summed E-state index contributed by atoms with van der Waals surface area (Å²) >= 11 is 0. The van der Waals surface area contributed by atoms with Gasteiger partial charge >= 0.3 is 5.97 Å². The van der Waals surface area contributed by atoms with E-state index < -0.39 is 5.97 Å². The topological polar surface area (TPSA) is 63.3 Å². The molecule has 0 heterocycles. The van der Waals surface area contributed by atoms with Gasteiger partial charge in [0.15, 0.2) is 0 Å². The Morgan fingerprint density at radius 2 is 1.89 bits per heavy atom. The lowest BCUT2D eigenvalue weighted by atomic mass is 9.79. The second-order valence-electron chi connectivity index (χ2n) is 4.67. The fraction of sp³-hybridized carbons (Fsp3) is 0.462. The molecule has 1 fully saturated rings. The molecule has 0 saturated heterocycles. The van der Waals surface area contributed by atoms with Gasteiger partial charge in [0.1, 0.15) is 5.82 Å². The molecule has 5 heteroatoms. The van der Waals surface area contributed by atoms with E-state index in [-0.39, 0.29) is 35.7 Å². The van der Waals surface area contributed by atoms with Crippen LogP contribution in [0, 0.1) is 11.7 Å². The van der Waals surface area contributed by atoms with Gasteiger partial charge in [0, 0.05) is 0 Å². The molecule has 0 radical (unpaired) electrons. The van der Waals surface area contributed by atoms with Crippen molar-refractivity contribution in [2.75, 3.05) is 5.73 Å². The first-order valence-electron chi connectivity index (χ1n) is 5.85. The first kappa shape index (κ1) is 14.8. The molecule has 1 aliphatic rings. The lowest BCUT2D eigenvalue weighted by Crippen LogP contribution is -2.20. The Kier molecular flexibility index (Phi) is 4.96.